The lowest BCUT2D eigenvalue weighted by Gasteiger charge is -2.33. The second-order valence-corrected chi connectivity index (χ2v) is 8.87. The Morgan fingerprint density at radius 3 is 2.45 bits per heavy atom. The molecule has 33 heavy (non-hydrogen) atoms. The van der Waals surface area contributed by atoms with E-state index in [-0.39, 0.29) is 22.3 Å². The van der Waals surface area contributed by atoms with E-state index >= 15 is 0 Å². The summed E-state index contributed by atoms with van der Waals surface area (Å²) < 4.78 is 0. The number of urea groups is 1. The maximum atomic E-state index is 13.4. The number of anilines is 2. The molecule has 3 N–H and O–H groups in total. The van der Waals surface area contributed by atoms with E-state index in [4.69, 9.17) is 23.2 Å². The molecule has 0 bridgehead atoms. The molecule has 0 saturated carbocycles. The molecule has 0 saturated heterocycles. The zero-order valence-corrected chi connectivity index (χ0v) is 19.4. The highest BCUT2D eigenvalue weighted by atomic mass is 35.5. The molecule has 0 fully saturated rings. The number of nitrogens with one attached hydrogen (secondary N) is 3. The van der Waals surface area contributed by atoms with E-state index in [0.717, 1.165) is 5.56 Å². The molecule has 6 nitrogen and oxygen atoms in total. The fraction of sp³-hybridized carbons (Fsp3) is 0.160. The zero-order valence-electron chi connectivity index (χ0n) is 17.9. The molecule has 1 heterocycles. The van der Waals surface area contributed by atoms with Gasteiger partial charge in [0, 0.05) is 10.7 Å². The maximum absolute atomic E-state index is 13.4. The summed E-state index contributed by atoms with van der Waals surface area (Å²) in [5.41, 5.74) is 0.792. The van der Waals surface area contributed by atoms with E-state index in [1.54, 1.807) is 24.3 Å². The lowest BCUT2D eigenvalue weighted by molar-refractivity contribution is -0.119. The highest BCUT2D eigenvalue weighted by molar-refractivity contribution is 6.41. The van der Waals surface area contributed by atoms with Crippen LogP contribution in [0.25, 0.3) is 0 Å². The van der Waals surface area contributed by atoms with Crippen LogP contribution in [-0.4, -0.2) is 17.7 Å². The van der Waals surface area contributed by atoms with Gasteiger partial charge in [-0.05, 0) is 49.2 Å². The minimum absolute atomic E-state index is 0.164. The van der Waals surface area contributed by atoms with Crippen LogP contribution in [0.5, 0.6) is 0 Å². The Kier molecular flexibility index (Phi) is 6.15. The number of amides is 3. The van der Waals surface area contributed by atoms with Crippen molar-refractivity contribution in [2.24, 2.45) is 0 Å². The number of ketones is 1. The van der Waals surface area contributed by atoms with Crippen molar-refractivity contribution in [1.29, 1.82) is 0 Å². The number of benzene rings is 3. The average molecular weight is 482 g/mol. The molecular weight excluding hydrogens is 461 g/mol. The van der Waals surface area contributed by atoms with Crippen molar-refractivity contribution in [2.45, 2.75) is 25.3 Å². The standard InChI is InChI=1S/C25H21Cl2N3O3/c1-14(15-7-4-3-5-8-15)28-24(33)29-18-10-6-9-16(11-18)25(2)22(31)21-19(27)12-17(26)13-20(21)30-23(25)32/h3-14H,1-2H3,(H,30,32)(H2,28,29,33)/t14?,25-/m1/s1. The first-order valence-electron chi connectivity index (χ1n) is 10.3. The first-order valence-corrected chi connectivity index (χ1v) is 11.0. The Bertz CT molecular complexity index is 1260. The highest BCUT2D eigenvalue weighted by Crippen LogP contribution is 2.41. The summed E-state index contributed by atoms with van der Waals surface area (Å²) in [5, 5.41) is 8.86. The normalized spacial score (nSPS) is 18.2. The van der Waals surface area contributed by atoms with E-state index < -0.39 is 23.1 Å². The van der Waals surface area contributed by atoms with Gasteiger partial charge in [-0.1, -0.05) is 65.7 Å². The first-order chi connectivity index (χ1) is 15.7. The lowest BCUT2D eigenvalue weighted by atomic mass is 9.73. The van der Waals surface area contributed by atoms with Gasteiger partial charge in [0.05, 0.1) is 22.3 Å². The molecule has 1 aliphatic rings. The van der Waals surface area contributed by atoms with E-state index in [9.17, 15) is 14.4 Å². The van der Waals surface area contributed by atoms with Crippen LogP contribution in [0.2, 0.25) is 10.0 Å². The van der Waals surface area contributed by atoms with Crippen molar-refractivity contribution < 1.29 is 14.4 Å². The van der Waals surface area contributed by atoms with Crippen molar-refractivity contribution in [3.63, 3.8) is 0 Å². The molecule has 1 aliphatic heterocycles. The predicted molar refractivity (Wildman–Crippen MR) is 130 cm³/mol. The Hall–Kier alpha value is -3.35. The number of hydrogen-bond donors (Lipinski definition) is 3. The summed E-state index contributed by atoms with van der Waals surface area (Å²) in [6.45, 7) is 3.42. The van der Waals surface area contributed by atoms with E-state index in [0.29, 0.717) is 16.3 Å². The van der Waals surface area contributed by atoms with Crippen molar-refractivity contribution in [3.05, 3.63) is 93.5 Å². The predicted octanol–water partition coefficient (Wildman–Crippen LogP) is 5.97. The third-order valence-electron chi connectivity index (χ3n) is 5.78. The Morgan fingerprint density at radius 1 is 1.00 bits per heavy atom. The monoisotopic (exact) mass is 481 g/mol. The van der Waals surface area contributed by atoms with Gasteiger partial charge in [0.15, 0.2) is 5.78 Å². The molecule has 4 rings (SSSR count). The number of rotatable bonds is 4. The van der Waals surface area contributed by atoms with Gasteiger partial charge < -0.3 is 16.0 Å². The maximum Gasteiger partial charge on any atom is 0.319 e. The van der Waals surface area contributed by atoms with Gasteiger partial charge in [0.2, 0.25) is 5.91 Å². The van der Waals surface area contributed by atoms with Crippen LogP contribution in [0.3, 0.4) is 0 Å². The number of carbonyl (C=O) groups is 3. The van der Waals surface area contributed by atoms with E-state index in [1.165, 1.54) is 19.1 Å². The number of Topliss-reactive ketones (excluding diaryl/α,β-unsaturated/α-hetero) is 1. The highest BCUT2D eigenvalue weighted by Gasteiger charge is 2.48. The van der Waals surface area contributed by atoms with Crippen molar-refractivity contribution in [1.82, 2.24) is 5.32 Å². The Labute approximate surface area is 201 Å². The first kappa shape index (κ1) is 22.8. The molecule has 168 valence electrons. The molecule has 2 atom stereocenters. The number of hydrogen-bond acceptors (Lipinski definition) is 3. The van der Waals surface area contributed by atoms with Gasteiger partial charge in [-0.3, -0.25) is 9.59 Å². The van der Waals surface area contributed by atoms with Crippen LogP contribution >= 0.6 is 23.2 Å². The number of carbonyl (C=O) groups excluding carboxylic acids is 3. The Balaban J connectivity index is 1.58. The molecular formula is C25H21Cl2N3O3. The van der Waals surface area contributed by atoms with Gasteiger partial charge in [-0.25, -0.2) is 4.79 Å². The number of halogens is 2. The largest absolute Gasteiger partial charge is 0.331 e. The van der Waals surface area contributed by atoms with E-state index in [1.807, 2.05) is 37.3 Å². The van der Waals surface area contributed by atoms with Crippen molar-refractivity contribution >= 4 is 52.3 Å². The van der Waals surface area contributed by atoms with Crippen LogP contribution < -0.4 is 16.0 Å². The molecule has 0 radical (unpaired) electrons. The summed E-state index contributed by atoms with van der Waals surface area (Å²) >= 11 is 12.3. The summed E-state index contributed by atoms with van der Waals surface area (Å²) in [6.07, 6.45) is 0. The van der Waals surface area contributed by atoms with Crippen molar-refractivity contribution in [2.75, 3.05) is 10.6 Å². The van der Waals surface area contributed by atoms with Gasteiger partial charge in [0.25, 0.3) is 0 Å². The molecule has 8 heteroatoms. The minimum atomic E-state index is -1.53. The van der Waals surface area contributed by atoms with Gasteiger partial charge in [-0.15, -0.1) is 0 Å². The smallest absolute Gasteiger partial charge is 0.319 e. The third-order valence-corrected chi connectivity index (χ3v) is 6.30. The molecule has 3 aromatic carbocycles. The van der Waals surface area contributed by atoms with Gasteiger partial charge >= 0.3 is 6.03 Å². The molecule has 1 unspecified atom stereocenters. The van der Waals surface area contributed by atoms with E-state index in [2.05, 4.69) is 16.0 Å². The SMILES string of the molecule is CC(NC(=O)Nc1cccc([C@@]2(C)C(=O)Nc3cc(Cl)cc(Cl)c3C2=O)c1)c1ccccc1. The lowest BCUT2D eigenvalue weighted by Crippen LogP contribution is -2.48. The minimum Gasteiger partial charge on any atom is -0.331 e. The summed E-state index contributed by atoms with van der Waals surface area (Å²) in [7, 11) is 0. The number of fused-ring (bicyclic) bond motifs is 1. The fourth-order valence-corrected chi connectivity index (χ4v) is 4.44. The average Bonchev–Trinajstić information content (AvgIpc) is 2.77. The molecule has 3 aromatic rings. The quantitative estimate of drug-likeness (QED) is 0.401. The summed E-state index contributed by atoms with van der Waals surface area (Å²) in [5.74, 6) is -0.945. The summed E-state index contributed by atoms with van der Waals surface area (Å²) in [6, 6.07) is 18.6. The molecule has 0 aliphatic carbocycles. The molecule has 3 amide bonds. The molecule has 0 aromatic heterocycles. The zero-order chi connectivity index (χ0) is 23.8. The van der Waals surface area contributed by atoms with Crippen LogP contribution in [0.1, 0.15) is 41.4 Å². The van der Waals surface area contributed by atoms with Gasteiger partial charge in [-0.2, -0.15) is 0 Å². The topological polar surface area (TPSA) is 87.3 Å². The van der Waals surface area contributed by atoms with Crippen LogP contribution in [0, 0.1) is 0 Å². The Morgan fingerprint density at radius 2 is 1.73 bits per heavy atom. The second-order valence-electron chi connectivity index (χ2n) is 8.03. The third kappa shape index (κ3) is 4.32. The molecule has 0 spiro atoms. The van der Waals surface area contributed by atoms with Gasteiger partial charge in [0.1, 0.15) is 5.41 Å². The van der Waals surface area contributed by atoms with Crippen LogP contribution in [0.15, 0.2) is 66.7 Å². The van der Waals surface area contributed by atoms with Crippen LogP contribution in [0.4, 0.5) is 16.2 Å². The fourth-order valence-electron chi connectivity index (χ4n) is 3.86. The second kappa shape index (κ2) is 8.89. The van der Waals surface area contributed by atoms with Crippen LogP contribution in [-0.2, 0) is 10.2 Å². The van der Waals surface area contributed by atoms with Crippen molar-refractivity contribution in [3.8, 4) is 0 Å². The summed E-state index contributed by atoms with van der Waals surface area (Å²) in [4.78, 5) is 39.0.